The van der Waals surface area contributed by atoms with Crippen molar-refractivity contribution in [1.29, 1.82) is 0 Å². The van der Waals surface area contributed by atoms with Crippen molar-refractivity contribution in [3.05, 3.63) is 60.2 Å². The molecule has 8 heteroatoms. The van der Waals surface area contributed by atoms with E-state index in [1.807, 2.05) is 30.3 Å². The Balaban J connectivity index is 1.93. The van der Waals surface area contributed by atoms with Gasteiger partial charge in [0.2, 0.25) is 5.91 Å². The zero-order valence-corrected chi connectivity index (χ0v) is 17.1. The number of amides is 2. The van der Waals surface area contributed by atoms with Crippen LogP contribution in [0.3, 0.4) is 0 Å². The smallest absolute Gasteiger partial charge is 0.306 e. The number of benzene rings is 2. The fourth-order valence-corrected chi connectivity index (χ4v) is 2.72. The van der Waals surface area contributed by atoms with Crippen LogP contribution in [-0.2, 0) is 14.3 Å². The minimum atomic E-state index is -0.435. The van der Waals surface area contributed by atoms with Crippen LogP contribution in [0.5, 0.6) is 0 Å². The molecule has 0 aromatic heterocycles. The zero-order valence-electron chi connectivity index (χ0n) is 16.3. The molecular weight excluding hydrogens is 390 g/mol. The third-order valence-electron chi connectivity index (χ3n) is 3.93. The third-order valence-corrected chi connectivity index (χ3v) is 4.13. The number of thiocarbonyl (C=S) groups is 1. The summed E-state index contributed by atoms with van der Waals surface area (Å²) < 4.78 is 4.78. The molecule has 2 aromatic carbocycles. The van der Waals surface area contributed by atoms with Gasteiger partial charge in [-0.3, -0.25) is 14.4 Å². The Bertz CT molecular complexity index is 887. The van der Waals surface area contributed by atoms with Gasteiger partial charge < -0.3 is 20.3 Å². The molecule has 2 aromatic rings. The summed E-state index contributed by atoms with van der Waals surface area (Å²) in [6.45, 7) is 1.97. The molecule has 0 saturated carbocycles. The number of para-hydroxylation sites is 1. The number of anilines is 2. The lowest BCUT2D eigenvalue weighted by atomic mass is 10.1. The molecule has 152 valence electrons. The van der Waals surface area contributed by atoms with Gasteiger partial charge in [-0.2, -0.15) is 0 Å². The average Bonchev–Trinajstić information content (AvgIpc) is 2.72. The molecule has 29 heavy (non-hydrogen) atoms. The highest BCUT2D eigenvalue weighted by Crippen LogP contribution is 2.17. The Hall–Kier alpha value is -3.26. The number of carbonyl (C=O) groups excluding carboxylic acids is 3. The lowest BCUT2D eigenvalue weighted by Gasteiger charge is -2.18. The molecule has 0 saturated heterocycles. The standard InChI is InChI=1S/C21H23N3O4S/c1-3-28-19(26)13-12-18(25)23-21(29)22-16-9-7-8-15(14-16)20(27)24(2)17-10-5-4-6-11-17/h4-11,14H,3,12-13H2,1-2H3,(H2,22,23,25,29). The van der Waals surface area contributed by atoms with Crippen molar-refractivity contribution in [1.82, 2.24) is 5.32 Å². The van der Waals surface area contributed by atoms with Crippen LogP contribution in [0.1, 0.15) is 30.1 Å². The molecule has 2 amide bonds. The normalized spacial score (nSPS) is 10.0. The van der Waals surface area contributed by atoms with E-state index < -0.39 is 11.9 Å². The van der Waals surface area contributed by atoms with Gasteiger partial charge in [0, 0.05) is 30.4 Å². The number of nitrogens with zero attached hydrogens (tertiary/aromatic N) is 1. The Morgan fingerprint density at radius 2 is 1.76 bits per heavy atom. The lowest BCUT2D eigenvalue weighted by Crippen LogP contribution is -2.34. The summed E-state index contributed by atoms with van der Waals surface area (Å²) in [4.78, 5) is 37.4. The molecule has 0 spiro atoms. The molecule has 0 atom stereocenters. The third kappa shape index (κ3) is 7.00. The van der Waals surface area contributed by atoms with Crippen LogP contribution in [-0.4, -0.2) is 36.6 Å². The highest BCUT2D eigenvalue weighted by molar-refractivity contribution is 7.80. The first kappa shape index (κ1) is 22.0. The molecule has 0 fully saturated rings. The molecule has 0 radical (unpaired) electrons. The summed E-state index contributed by atoms with van der Waals surface area (Å²) >= 11 is 5.13. The van der Waals surface area contributed by atoms with Crippen molar-refractivity contribution in [2.24, 2.45) is 0 Å². The summed E-state index contributed by atoms with van der Waals surface area (Å²) in [5.74, 6) is -1.01. The second-order valence-electron chi connectivity index (χ2n) is 6.09. The van der Waals surface area contributed by atoms with E-state index in [0.29, 0.717) is 11.3 Å². The second-order valence-corrected chi connectivity index (χ2v) is 6.50. The zero-order chi connectivity index (χ0) is 21.2. The number of rotatable bonds is 7. The van der Waals surface area contributed by atoms with Crippen LogP contribution in [0.2, 0.25) is 0 Å². The monoisotopic (exact) mass is 413 g/mol. The predicted octanol–water partition coefficient (Wildman–Crippen LogP) is 3.12. The number of nitrogens with one attached hydrogen (secondary N) is 2. The van der Waals surface area contributed by atoms with Crippen molar-refractivity contribution in [2.45, 2.75) is 19.8 Å². The van der Waals surface area contributed by atoms with E-state index >= 15 is 0 Å². The van der Waals surface area contributed by atoms with Gasteiger partial charge in [0.25, 0.3) is 5.91 Å². The first-order valence-corrected chi connectivity index (χ1v) is 9.51. The van der Waals surface area contributed by atoms with Crippen molar-refractivity contribution in [3.63, 3.8) is 0 Å². The molecular formula is C21H23N3O4S. The van der Waals surface area contributed by atoms with Crippen LogP contribution < -0.4 is 15.5 Å². The molecule has 0 unspecified atom stereocenters. The number of hydrogen-bond donors (Lipinski definition) is 2. The minimum absolute atomic E-state index is 0.0158. The average molecular weight is 413 g/mol. The van der Waals surface area contributed by atoms with Crippen molar-refractivity contribution in [2.75, 3.05) is 23.9 Å². The van der Waals surface area contributed by atoms with E-state index in [-0.39, 0.29) is 30.5 Å². The van der Waals surface area contributed by atoms with Gasteiger partial charge in [-0.25, -0.2) is 0 Å². The Morgan fingerprint density at radius 3 is 2.45 bits per heavy atom. The van der Waals surface area contributed by atoms with E-state index in [4.69, 9.17) is 17.0 Å². The maximum atomic E-state index is 12.7. The van der Waals surface area contributed by atoms with Gasteiger partial charge in [-0.1, -0.05) is 24.3 Å². The van der Waals surface area contributed by atoms with E-state index in [2.05, 4.69) is 10.6 Å². The summed E-state index contributed by atoms with van der Waals surface area (Å²) in [5, 5.41) is 5.46. The lowest BCUT2D eigenvalue weighted by molar-refractivity contribution is -0.144. The van der Waals surface area contributed by atoms with Gasteiger partial charge in [-0.05, 0) is 49.5 Å². The Labute approximate surface area is 175 Å². The molecule has 7 nitrogen and oxygen atoms in total. The van der Waals surface area contributed by atoms with E-state index in [1.165, 1.54) is 0 Å². The van der Waals surface area contributed by atoms with Crippen molar-refractivity contribution < 1.29 is 19.1 Å². The van der Waals surface area contributed by atoms with Crippen molar-refractivity contribution >= 4 is 46.5 Å². The summed E-state index contributed by atoms with van der Waals surface area (Å²) in [7, 11) is 1.70. The summed E-state index contributed by atoms with van der Waals surface area (Å²) in [6.07, 6.45) is -0.0425. The number of ether oxygens (including phenoxy) is 1. The topological polar surface area (TPSA) is 87.7 Å². The fourth-order valence-electron chi connectivity index (χ4n) is 2.49. The number of carbonyl (C=O) groups is 3. The minimum Gasteiger partial charge on any atom is -0.466 e. The Morgan fingerprint density at radius 1 is 1.03 bits per heavy atom. The maximum Gasteiger partial charge on any atom is 0.306 e. The molecule has 0 aliphatic carbocycles. The molecule has 2 N–H and O–H groups in total. The Kier molecular flexibility index (Phi) is 8.29. The van der Waals surface area contributed by atoms with Crippen LogP contribution in [0.15, 0.2) is 54.6 Å². The first-order chi connectivity index (χ1) is 13.9. The van der Waals surface area contributed by atoms with E-state index in [9.17, 15) is 14.4 Å². The van der Waals surface area contributed by atoms with Gasteiger partial charge >= 0.3 is 5.97 Å². The molecule has 2 rings (SSSR count). The quantitative estimate of drug-likeness (QED) is 0.536. The summed E-state index contributed by atoms with van der Waals surface area (Å²) in [5.41, 5.74) is 1.81. The van der Waals surface area contributed by atoms with Crippen LogP contribution in [0.25, 0.3) is 0 Å². The predicted molar refractivity (Wildman–Crippen MR) is 116 cm³/mol. The van der Waals surface area contributed by atoms with Crippen molar-refractivity contribution in [3.8, 4) is 0 Å². The largest absolute Gasteiger partial charge is 0.466 e. The molecule has 0 aliphatic rings. The van der Waals surface area contributed by atoms with Gasteiger partial charge in [-0.15, -0.1) is 0 Å². The van der Waals surface area contributed by atoms with Crippen LogP contribution in [0, 0.1) is 0 Å². The second kappa shape index (κ2) is 10.9. The first-order valence-electron chi connectivity index (χ1n) is 9.10. The molecule has 0 aliphatic heterocycles. The van der Waals surface area contributed by atoms with Crippen LogP contribution in [0.4, 0.5) is 11.4 Å². The maximum absolute atomic E-state index is 12.7. The van der Waals surface area contributed by atoms with Crippen LogP contribution >= 0.6 is 12.2 Å². The van der Waals surface area contributed by atoms with Gasteiger partial charge in [0.05, 0.1) is 13.0 Å². The SMILES string of the molecule is CCOC(=O)CCC(=O)NC(=S)Nc1cccc(C(=O)N(C)c2ccccc2)c1. The highest BCUT2D eigenvalue weighted by Gasteiger charge is 2.14. The van der Waals surface area contributed by atoms with E-state index in [1.54, 1.807) is 43.1 Å². The number of esters is 1. The van der Waals surface area contributed by atoms with Gasteiger partial charge in [0.1, 0.15) is 0 Å². The van der Waals surface area contributed by atoms with E-state index in [0.717, 1.165) is 5.69 Å². The fraction of sp³-hybridized carbons (Fsp3) is 0.238. The van der Waals surface area contributed by atoms with Gasteiger partial charge in [0.15, 0.2) is 5.11 Å². The highest BCUT2D eigenvalue weighted by atomic mass is 32.1. The summed E-state index contributed by atoms with van der Waals surface area (Å²) in [6, 6.07) is 16.1. The molecule has 0 heterocycles. The number of hydrogen-bond acceptors (Lipinski definition) is 5. The molecule has 0 bridgehead atoms.